The number of rotatable bonds is 1. The zero-order valence-electron chi connectivity index (χ0n) is 11.7. The second-order valence-electron chi connectivity index (χ2n) is 5.50. The Morgan fingerprint density at radius 1 is 1.15 bits per heavy atom. The number of hydrogen-bond donors (Lipinski definition) is 1. The van der Waals surface area contributed by atoms with E-state index in [4.69, 9.17) is 10.5 Å². The molecule has 0 fully saturated rings. The molecule has 2 aromatic rings. The van der Waals surface area contributed by atoms with Crippen molar-refractivity contribution in [1.82, 2.24) is 0 Å². The van der Waals surface area contributed by atoms with Gasteiger partial charge < -0.3 is 10.5 Å². The molecule has 1 aliphatic heterocycles. The Balaban J connectivity index is 1.94. The fraction of sp³-hybridized carbons (Fsp3) is 0.294. The van der Waals surface area contributed by atoms with Gasteiger partial charge in [-0.25, -0.2) is 4.39 Å². The van der Waals surface area contributed by atoms with Crippen molar-refractivity contribution in [2.75, 3.05) is 0 Å². The van der Waals surface area contributed by atoms with Crippen LogP contribution < -0.4 is 10.5 Å². The standard InChI is InChI=1S/C17H18FNO/c1-10-3-6-16-13(7-10)15(19)9-17(20-16)12-4-5-14(18)11(2)8-12/h3-8,15,17H,9,19H2,1-2H3. The highest BCUT2D eigenvalue weighted by Crippen LogP contribution is 2.40. The maximum atomic E-state index is 13.4. The van der Waals surface area contributed by atoms with E-state index in [2.05, 4.69) is 6.07 Å². The molecule has 20 heavy (non-hydrogen) atoms. The summed E-state index contributed by atoms with van der Waals surface area (Å²) in [5, 5.41) is 0. The van der Waals surface area contributed by atoms with Gasteiger partial charge in [-0.1, -0.05) is 23.8 Å². The second kappa shape index (κ2) is 4.91. The van der Waals surface area contributed by atoms with Gasteiger partial charge in [0.2, 0.25) is 0 Å². The number of benzene rings is 2. The highest BCUT2D eigenvalue weighted by Gasteiger charge is 2.27. The Hall–Kier alpha value is -1.87. The lowest BCUT2D eigenvalue weighted by molar-refractivity contribution is 0.161. The molecule has 1 aliphatic rings. The van der Waals surface area contributed by atoms with Crippen molar-refractivity contribution < 1.29 is 9.13 Å². The molecule has 0 aromatic heterocycles. The minimum absolute atomic E-state index is 0.0472. The van der Waals surface area contributed by atoms with Gasteiger partial charge in [-0.2, -0.15) is 0 Å². The van der Waals surface area contributed by atoms with E-state index >= 15 is 0 Å². The Labute approximate surface area is 118 Å². The summed E-state index contributed by atoms with van der Waals surface area (Å²) >= 11 is 0. The van der Waals surface area contributed by atoms with Crippen LogP contribution in [0.2, 0.25) is 0 Å². The monoisotopic (exact) mass is 271 g/mol. The van der Waals surface area contributed by atoms with Crippen LogP contribution in [0.3, 0.4) is 0 Å². The summed E-state index contributed by atoms with van der Waals surface area (Å²) < 4.78 is 19.4. The Kier molecular flexibility index (Phi) is 3.22. The van der Waals surface area contributed by atoms with Crippen LogP contribution in [0.15, 0.2) is 36.4 Å². The maximum absolute atomic E-state index is 13.4. The normalized spacial score (nSPS) is 21.2. The van der Waals surface area contributed by atoms with Crippen molar-refractivity contribution in [2.24, 2.45) is 5.73 Å². The lowest BCUT2D eigenvalue weighted by Gasteiger charge is -2.31. The summed E-state index contributed by atoms with van der Waals surface area (Å²) in [5.74, 6) is 0.645. The summed E-state index contributed by atoms with van der Waals surface area (Å²) in [7, 11) is 0. The molecule has 0 aliphatic carbocycles. The van der Waals surface area contributed by atoms with Crippen LogP contribution in [0.5, 0.6) is 5.75 Å². The number of ether oxygens (including phenoxy) is 1. The van der Waals surface area contributed by atoms with E-state index < -0.39 is 0 Å². The van der Waals surface area contributed by atoms with Gasteiger partial charge in [-0.3, -0.25) is 0 Å². The van der Waals surface area contributed by atoms with Crippen LogP contribution in [0.25, 0.3) is 0 Å². The molecule has 2 aromatic carbocycles. The van der Waals surface area contributed by atoms with Gasteiger partial charge in [-0.05, 0) is 43.2 Å². The highest BCUT2D eigenvalue weighted by atomic mass is 19.1. The third-order valence-corrected chi connectivity index (χ3v) is 3.86. The molecule has 3 heteroatoms. The van der Waals surface area contributed by atoms with E-state index in [-0.39, 0.29) is 18.0 Å². The molecule has 1 heterocycles. The third-order valence-electron chi connectivity index (χ3n) is 3.86. The molecule has 2 N–H and O–H groups in total. The molecule has 2 nitrogen and oxygen atoms in total. The lowest BCUT2D eigenvalue weighted by atomic mass is 9.92. The molecule has 0 bridgehead atoms. The van der Waals surface area contributed by atoms with Crippen molar-refractivity contribution in [3.63, 3.8) is 0 Å². The average molecular weight is 271 g/mol. The fourth-order valence-electron chi connectivity index (χ4n) is 2.70. The van der Waals surface area contributed by atoms with Crippen LogP contribution in [0.4, 0.5) is 4.39 Å². The molecule has 0 saturated carbocycles. The van der Waals surface area contributed by atoms with Gasteiger partial charge in [0, 0.05) is 18.0 Å². The van der Waals surface area contributed by atoms with Crippen LogP contribution in [0.1, 0.15) is 40.8 Å². The summed E-state index contributed by atoms with van der Waals surface area (Å²) in [5.41, 5.74) is 10.1. The lowest BCUT2D eigenvalue weighted by Crippen LogP contribution is -2.24. The quantitative estimate of drug-likeness (QED) is 0.852. The van der Waals surface area contributed by atoms with E-state index in [9.17, 15) is 4.39 Å². The Bertz CT molecular complexity index is 653. The first-order valence-electron chi connectivity index (χ1n) is 6.83. The van der Waals surface area contributed by atoms with Crippen molar-refractivity contribution in [3.05, 3.63) is 64.5 Å². The van der Waals surface area contributed by atoms with Crippen LogP contribution in [0, 0.1) is 19.7 Å². The summed E-state index contributed by atoms with van der Waals surface area (Å²) in [6.45, 7) is 3.81. The van der Waals surface area contributed by atoms with E-state index in [1.165, 1.54) is 11.6 Å². The Morgan fingerprint density at radius 2 is 1.95 bits per heavy atom. The molecule has 104 valence electrons. The molecular formula is C17H18FNO. The van der Waals surface area contributed by atoms with Gasteiger partial charge in [0.25, 0.3) is 0 Å². The van der Waals surface area contributed by atoms with Gasteiger partial charge >= 0.3 is 0 Å². The summed E-state index contributed by atoms with van der Waals surface area (Å²) in [6.07, 6.45) is 0.598. The maximum Gasteiger partial charge on any atom is 0.126 e. The fourth-order valence-corrected chi connectivity index (χ4v) is 2.70. The van der Waals surface area contributed by atoms with Gasteiger partial charge in [0.05, 0.1) is 0 Å². The van der Waals surface area contributed by atoms with Gasteiger partial charge in [0.15, 0.2) is 0 Å². The molecule has 0 saturated heterocycles. The summed E-state index contributed by atoms with van der Waals surface area (Å²) in [6, 6.07) is 11.1. The van der Waals surface area contributed by atoms with Gasteiger partial charge in [0.1, 0.15) is 17.7 Å². The first kappa shape index (κ1) is 13.1. The topological polar surface area (TPSA) is 35.2 Å². The second-order valence-corrected chi connectivity index (χ2v) is 5.50. The number of nitrogens with two attached hydrogens (primary N) is 1. The predicted molar refractivity (Wildman–Crippen MR) is 77.2 cm³/mol. The molecule has 2 unspecified atom stereocenters. The zero-order chi connectivity index (χ0) is 14.3. The largest absolute Gasteiger partial charge is 0.485 e. The number of aryl methyl sites for hydroxylation is 2. The van der Waals surface area contributed by atoms with Crippen molar-refractivity contribution in [2.45, 2.75) is 32.4 Å². The van der Waals surface area contributed by atoms with Crippen molar-refractivity contribution >= 4 is 0 Å². The molecule has 0 spiro atoms. The van der Waals surface area contributed by atoms with Crippen molar-refractivity contribution in [1.29, 1.82) is 0 Å². The smallest absolute Gasteiger partial charge is 0.126 e. The molecule has 3 rings (SSSR count). The average Bonchev–Trinajstić information content (AvgIpc) is 2.42. The first-order chi connectivity index (χ1) is 9.54. The SMILES string of the molecule is Cc1ccc2c(c1)C(N)CC(c1ccc(F)c(C)c1)O2. The highest BCUT2D eigenvalue weighted by molar-refractivity contribution is 5.42. The van der Waals surface area contributed by atoms with Crippen LogP contribution >= 0.6 is 0 Å². The predicted octanol–water partition coefficient (Wildman–Crippen LogP) is 3.97. The minimum atomic E-state index is -0.190. The van der Waals surface area contributed by atoms with Crippen molar-refractivity contribution in [3.8, 4) is 5.75 Å². The third kappa shape index (κ3) is 2.29. The number of fused-ring (bicyclic) bond motifs is 1. The molecular weight excluding hydrogens is 253 g/mol. The molecule has 0 amide bonds. The number of hydrogen-bond acceptors (Lipinski definition) is 2. The van der Waals surface area contributed by atoms with E-state index in [0.717, 1.165) is 16.9 Å². The first-order valence-corrected chi connectivity index (χ1v) is 6.83. The number of halogens is 1. The molecule has 0 radical (unpaired) electrons. The van der Waals surface area contributed by atoms with Gasteiger partial charge in [-0.15, -0.1) is 0 Å². The van der Waals surface area contributed by atoms with Crippen LogP contribution in [-0.4, -0.2) is 0 Å². The van der Waals surface area contributed by atoms with E-state index in [1.807, 2.05) is 25.1 Å². The zero-order valence-corrected chi connectivity index (χ0v) is 11.7. The molecule has 2 atom stereocenters. The van der Waals surface area contributed by atoms with E-state index in [1.54, 1.807) is 13.0 Å². The minimum Gasteiger partial charge on any atom is -0.485 e. The summed E-state index contributed by atoms with van der Waals surface area (Å²) in [4.78, 5) is 0. The van der Waals surface area contributed by atoms with E-state index in [0.29, 0.717) is 12.0 Å². The van der Waals surface area contributed by atoms with Crippen LogP contribution in [-0.2, 0) is 0 Å². The Morgan fingerprint density at radius 3 is 2.70 bits per heavy atom.